The number of nitrogen functional groups attached to an aromatic ring is 1. The number of benzene rings is 1. The standard InChI is InChI=1S/C21H22N6O3/c1-29-15-6-2-3-7-16(15)30-21(28)27-11-9-14(10-12-27)5-4-8-17-25-19(22)18-20(26-17)24-13-23-18/h2-3,6-7,13-14H,5,9-12H2,1H3,(H3,22,23,24,25,26). The smallest absolute Gasteiger partial charge is 0.415 e. The molecule has 1 amide bonds. The summed E-state index contributed by atoms with van der Waals surface area (Å²) in [4.78, 5) is 29.6. The van der Waals surface area contributed by atoms with Crippen molar-refractivity contribution in [2.24, 2.45) is 5.92 Å². The lowest BCUT2D eigenvalue weighted by atomic mass is 9.94. The molecule has 3 aromatic rings. The van der Waals surface area contributed by atoms with E-state index in [1.54, 1.807) is 30.2 Å². The number of H-pyrrole nitrogens is 1. The van der Waals surface area contributed by atoms with Crippen molar-refractivity contribution in [1.29, 1.82) is 0 Å². The van der Waals surface area contributed by atoms with Crippen LogP contribution < -0.4 is 15.2 Å². The molecule has 0 bridgehead atoms. The molecule has 9 nitrogen and oxygen atoms in total. The van der Waals surface area contributed by atoms with E-state index in [1.165, 1.54) is 6.33 Å². The second-order valence-electron chi connectivity index (χ2n) is 6.99. The fourth-order valence-electron chi connectivity index (χ4n) is 3.37. The number of hydrogen-bond donors (Lipinski definition) is 2. The highest BCUT2D eigenvalue weighted by molar-refractivity contribution is 5.81. The Balaban J connectivity index is 1.29. The molecule has 1 aromatic carbocycles. The van der Waals surface area contributed by atoms with Crippen LogP contribution in [0.5, 0.6) is 11.5 Å². The average molecular weight is 406 g/mol. The van der Waals surface area contributed by atoms with Crippen LogP contribution >= 0.6 is 0 Å². The van der Waals surface area contributed by atoms with Gasteiger partial charge in [0.2, 0.25) is 5.82 Å². The van der Waals surface area contributed by atoms with Gasteiger partial charge in [-0.05, 0) is 36.8 Å². The number of imidazole rings is 1. The minimum atomic E-state index is -0.361. The molecule has 1 fully saturated rings. The summed E-state index contributed by atoms with van der Waals surface area (Å²) in [6, 6.07) is 7.11. The second-order valence-corrected chi connectivity index (χ2v) is 6.99. The van der Waals surface area contributed by atoms with Crippen molar-refractivity contribution in [1.82, 2.24) is 24.8 Å². The first kappa shape index (κ1) is 19.5. The van der Waals surface area contributed by atoms with Gasteiger partial charge in [-0.1, -0.05) is 18.1 Å². The Labute approximate surface area is 173 Å². The third kappa shape index (κ3) is 4.27. The number of hydrogen-bond acceptors (Lipinski definition) is 7. The van der Waals surface area contributed by atoms with Crippen LogP contribution in [0.2, 0.25) is 0 Å². The lowest BCUT2D eigenvalue weighted by Crippen LogP contribution is -2.40. The Morgan fingerprint density at radius 3 is 2.80 bits per heavy atom. The maximum Gasteiger partial charge on any atom is 0.415 e. The lowest BCUT2D eigenvalue weighted by Gasteiger charge is -2.30. The van der Waals surface area contributed by atoms with Gasteiger partial charge in [-0.3, -0.25) is 0 Å². The van der Waals surface area contributed by atoms with Crippen LogP contribution in [0.3, 0.4) is 0 Å². The molecule has 2 aromatic heterocycles. The number of nitrogens with zero attached hydrogens (tertiary/aromatic N) is 4. The van der Waals surface area contributed by atoms with E-state index >= 15 is 0 Å². The minimum absolute atomic E-state index is 0.337. The molecular formula is C21H22N6O3. The molecule has 1 saturated heterocycles. The van der Waals surface area contributed by atoms with Crippen LogP contribution in [-0.2, 0) is 0 Å². The van der Waals surface area contributed by atoms with Crippen LogP contribution in [0.4, 0.5) is 10.6 Å². The van der Waals surface area contributed by atoms with E-state index in [2.05, 4.69) is 31.8 Å². The van der Waals surface area contributed by atoms with Gasteiger partial charge >= 0.3 is 6.09 Å². The fraction of sp³-hybridized carbons (Fsp3) is 0.333. The highest BCUT2D eigenvalue weighted by atomic mass is 16.6. The largest absolute Gasteiger partial charge is 0.493 e. The first-order valence-electron chi connectivity index (χ1n) is 9.69. The summed E-state index contributed by atoms with van der Waals surface area (Å²) < 4.78 is 10.7. The Bertz CT molecular complexity index is 1110. The normalized spacial score (nSPS) is 14.2. The first-order valence-corrected chi connectivity index (χ1v) is 9.69. The number of methoxy groups -OCH3 is 1. The number of rotatable bonds is 3. The lowest BCUT2D eigenvalue weighted by molar-refractivity contribution is 0.130. The van der Waals surface area contributed by atoms with Crippen molar-refractivity contribution in [3.63, 3.8) is 0 Å². The molecular weight excluding hydrogens is 384 g/mol. The van der Waals surface area contributed by atoms with Gasteiger partial charge in [0, 0.05) is 19.5 Å². The molecule has 0 spiro atoms. The number of ether oxygens (including phenoxy) is 2. The summed E-state index contributed by atoms with van der Waals surface area (Å²) in [7, 11) is 1.55. The van der Waals surface area contributed by atoms with Crippen molar-refractivity contribution in [3.05, 3.63) is 36.4 Å². The van der Waals surface area contributed by atoms with Crippen molar-refractivity contribution in [2.75, 3.05) is 25.9 Å². The van der Waals surface area contributed by atoms with Gasteiger partial charge in [0.05, 0.1) is 13.4 Å². The zero-order chi connectivity index (χ0) is 20.9. The Hall–Kier alpha value is -3.80. The summed E-state index contributed by atoms with van der Waals surface area (Å²) in [6.07, 6.45) is 3.59. The van der Waals surface area contributed by atoms with E-state index < -0.39 is 0 Å². The summed E-state index contributed by atoms with van der Waals surface area (Å²) in [5.74, 6) is 8.16. The van der Waals surface area contributed by atoms with E-state index in [-0.39, 0.29) is 6.09 Å². The maximum absolute atomic E-state index is 12.4. The number of carbonyl (C=O) groups is 1. The van der Waals surface area contributed by atoms with E-state index in [9.17, 15) is 4.79 Å². The molecule has 0 atom stereocenters. The van der Waals surface area contributed by atoms with Gasteiger partial charge in [-0.15, -0.1) is 0 Å². The zero-order valence-electron chi connectivity index (χ0n) is 16.6. The predicted molar refractivity (Wildman–Crippen MR) is 111 cm³/mol. The molecule has 0 aliphatic carbocycles. The minimum Gasteiger partial charge on any atom is -0.493 e. The molecule has 0 saturated carbocycles. The summed E-state index contributed by atoms with van der Waals surface area (Å²) in [5, 5.41) is 0. The van der Waals surface area contributed by atoms with E-state index in [0.29, 0.717) is 59.7 Å². The van der Waals surface area contributed by atoms with Crippen LogP contribution in [0.15, 0.2) is 30.6 Å². The van der Waals surface area contributed by atoms with Crippen LogP contribution in [-0.4, -0.2) is 51.1 Å². The number of nitrogens with two attached hydrogens (primary N) is 1. The number of fused-ring (bicyclic) bond motifs is 1. The third-order valence-corrected chi connectivity index (χ3v) is 5.04. The van der Waals surface area contributed by atoms with Crippen molar-refractivity contribution in [2.45, 2.75) is 19.3 Å². The topological polar surface area (TPSA) is 119 Å². The number of amides is 1. The number of aromatic amines is 1. The number of carbonyl (C=O) groups excluding carboxylic acids is 1. The molecule has 1 aliphatic heterocycles. The first-order chi connectivity index (χ1) is 14.6. The molecule has 3 N–H and O–H groups in total. The summed E-state index contributed by atoms with van der Waals surface area (Å²) in [6.45, 7) is 1.26. The summed E-state index contributed by atoms with van der Waals surface area (Å²) in [5.41, 5.74) is 7.01. The van der Waals surface area contributed by atoms with Crippen LogP contribution in [0.1, 0.15) is 25.1 Å². The third-order valence-electron chi connectivity index (χ3n) is 5.04. The monoisotopic (exact) mass is 406 g/mol. The second kappa shape index (κ2) is 8.69. The SMILES string of the molecule is COc1ccccc1OC(=O)N1CCC(CC#Cc2nc(N)c3[nH]cnc3n2)CC1. The summed E-state index contributed by atoms with van der Waals surface area (Å²) >= 11 is 0. The Kier molecular flexibility index (Phi) is 5.66. The highest BCUT2D eigenvalue weighted by Gasteiger charge is 2.24. The van der Waals surface area contributed by atoms with Gasteiger partial charge in [0.15, 0.2) is 23.0 Å². The fourth-order valence-corrected chi connectivity index (χ4v) is 3.37. The molecule has 0 radical (unpaired) electrons. The molecule has 154 valence electrons. The Morgan fingerprint density at radius 2 is 2.03 bits per heavy atom. The molecule has 0 unspecified atom stereocenters. The quantitative estimate of drug-likeness (QED) is 0.642. The van der Waals surface area contributed by atoms with Gasteiger partial charge in [-0.2, -0.15) is 4.98 Å². The number of para-hydroxylation sites is 2. The molecule has 30 heavy (non-hydrogen) atoms. The number of likely N-dealkylation sites (tertiary alicyclic amines) is 1. The predicted octanol–water partition coefficient (Wildman–Crippen LogP) is 2.60. The number of piperidine rings is 1. The molecule has 3 heterocycles. The number of aromatic nitrogens is 4. The van der Waals surface area contributed by atoms with Crippen LogP contribution in [0, 0.1) is 17.8 Å². The van der Waals surface area contributed by atoms with Gasteiger partial charge in [-0.25, -0.2) is 14.8 Å². The van der Waals surface area contributed by atoms with E-state index in [0.717, 1.165) is 12.8 Å². The number of anilines is 1. The van der Waals surface area contributed by atoms with E-state index in [4.69, 9.17) is 15.2 Å². The van der Waals surface area contributed by atoms with Gasteiger partial charge in [0.1, 0.15) is 5.52 Å². The van der Waals surface area contributed by atoms with Gasteiger partial charge in [0.25, 0.3) is 0 Å². The van der Waals surface area contributed by atoms with Crippen LogP contribution in [0.25, 0.3) is 11.2 Å². The van der Waals surface area contributed by atoms with Crippen molar-refractivity contribution >= 4 is 23.1 Å². The highest BCUT2D eigenvalue weighted by Crippen LogP contribution is 2.27. The average Bonchev–Trinajstić information content (AvgIpc) is 3.24. The number of nitrogens with one attached hydrogen (secondary N) is 1. The van der Waals surface area contributed by atoms with Crippen molar-refractivity contribution < 1.29 is 14.3 Å². The van der Waals surface area contributed by atoms with Crippen molar-refractivity contribution in [3.8, 4) is 23.3 Å². The molecule has 4 rings (SSSR count). The molecule has 1 aliphatic rings. The Morgan fingerprint density at radius 1 is 1.27 bits per heavy atom. The molecule has 9 heteroatoms. The zero-order valence-corrected chi connectivity index (χ0v) is 16.6. The van der Waals surface area contributed by atoms with E-state index in [1.807, 2.05) is 6.07 Å². The maximum atomic E-state index is 12.4. The van der Waals surface area contributed by atoms with Gasteiger partial charge < -0.3 is 25.1 Å².